The summed E-state index contributed by atoms with van der Waals surface area (Å²) in [6.07, 6.45) is 7.53. The van der Waals surface area contributed by atoms with E-state index in [2.05, 4.69) is 6.92 Å². The highest BCUT2D eigenvalue weighted by Crippen LogP contribution is 2.52. The molecule has 0 aliphatic heterocycles. The lowest BCUT2D eigenvalue weighted by atomic mass is 10.4. The third-order valence-corrected chi connectivity index (χ3v) is 7.52. The van der Waals surface area contributed by atoms with E-state index >= 15 is 0 Å². The number of carbonyl (C=O) groups excluding carboxylic acids is 1. The van der Waals surface area contributed by atoms with E-state index in [1.807, 2.05) is 0 Å². The first-order valence-corrected chi connectivity index (χ1v) is 7.26. The molecule has 0 radical (unpaired) electrons. The average molecular weight is 182 g/mol. The number of hydrogen-bond acceptors (Lipinski definition) is 1. The summed E-state index contributed by atoms with van der Waals surface area (Å²) in [4.78, 5) is 11.8. The van der Waals surface area contributed by atoms with Crippen LogP contribution in [0.1, 0.15) is 45.4 Å². The maximum absolute atomic E-state index is 11.8. The molecule has 2 saturated carbocycles. The Balaban J connectivity index is 1.90. The van der Waals surface area contributed by atoms with Gasteiger partial charge in [-0.1, -0.05) is 32.6 Å². The van der Waals surface area contributed by atoms with E-state index in [1.165, 1.54) is 25.7 Å². The van der Waals surface area contributed by atoms with Crippen LogP contribution in [0.5, 0.6) is 0 Å². The maximum atomic E-state index is 11.8. The summed E-state index contributed by atoms with van der Waals surface area (Å²) >= 11 is 0. The van der Waals surface area contributed by atoms with Crippen molar-refractivity contribution in [2.75, 3.05) is 0 Å². The van der Waals surface area contributed by atoms with Crippen LogP contribution in [0.3, 0.4) is 0 Å². The molecule has 0 aromatic heterocycles. The predicted octanol–water partition coefficient (Wildman–Crippen LogP) is 2.45. The van der Waals surface area contributed by atoms with Gasteiger partial charge in [0.1, 0.15) is 14.2 Å². The maximum Gasteiger partial charge on any atom is 0.123 e. The van der Waals surface area contributed by atoms with Gasteiger partial charge in [-0.15, -0.1) is 0 Å². The van der Waals surface area contributed by atoms with Crippen LogP contribution in [-0.2, 0) is 4.79 Å². The van der Waals surface area contributed by atoms with Crippen LogP contribution in [0, 0.1) is 0 Å². The smallest absolute Gasteiger partial charge is 0.123 e. The van der Waals surface area contributed by atoms with E-state index < -0.39 is 8.80 Å². The van der Waals surface area contributed by atoms with Gasteiger partial charge in [0.05, 0.1) is 0 Å². The van der Waals surface area contributed by atoms with Gasteiger partial charge in [0.15, 0.2) is 0 Å². The molecule has 2 aliphatic carbocycles. The molecule has 0 bridgehead atoms. The average Bonchev–Trinajstić information content (AvgIpc) is 2.80. The first-order chi connectivity index (χ1) is 5.83. The standard InChI is InChI=1S/C10H18OSi/c1-2-3-10(11)12(8-4-5-8)9-6-7-9/h8-9,12H,2-7H2,1H3. The fourth-order valence-electron chi connectivity index (χ4n) is 2.23. The fraction of sp³-hybridized carbons (Fsp3) is 0.900. The molecule has 0 N–H and O–H groups in total. The van der Waals surface area contributed by atoms with Gasteiger partial charge in [0.2, 0.25) is 0 Å². The van der Waals surface area contributed by atoms with Crippen molar-refractivity contribution >= 4 is 14.2 Å². The van der Waals surface area contributed by atoms with Gasteiger partial charge >= 0.3 is 0 Å². The molecule has 2 aliphatic rings. The van der Waals surface area contributed by atoms with Gasteiger partial charge in [-0.2, -0.15) is 0 Å². The molecule has 0 saturated heterocycles. The molecule has 2 fully saturated rings. The zero-order valence-electron chi connectivity index (χ0n) is 7.88. The van der Waals surface area contributed by atoms with Crippen molar-refractivity contribution < 1.29 is 4.79 Å². The van der Waals surface area contributed by atoms with Crippen molar-refractivity contribution in [1.82, 2.24) is 0 Å². The van der Waals surface area contributed by atoms with Crippen molar-refractivity contribution in [3.8, 4) is 0 Å². The molecular formula is C10H18OSi. The Morgan fingerprint density at radius 1 is 1.25 bits per heavy atom. The second-order valence-electron chi connectivity index (χ2n) is 4.42. The summed E-state index contributed by atoms with van der Waals surface area (Å²) in [7, 11) is -0.909. The first-order valence-electron chi connectivity index (χ1n) is 5.35. The van der Waals surface area contributed by atoms with Crippen molar-refractivity contribution in [2.45, 2.75) is 56.5 Å². The van der Waals surface area contributed by atoms with Crippen LogP contribution in [0.25, 0.3) is 0 Å². The third kappa shape index (κ3) is 1.79. The molecule has 68 valence electrons. The molecule has 0 unspecified atom stereocenters. The molecule has 0 amide bonds. The molecule has 0 aromatic carbocycles. The van der Waals surface area contributed by atoms with Crippen molar-refractivity contribution in [3.05, 3.63) is 0 Å². The topological polar surface area (TPSA) is 17.1 Å². The van der Waals surface area contributed by atoms with Crippen molar-refractivity contribution in [2.24, 2.45) is 0 Å². The number of hydrogen-bond donors (Lipinski definition) is 0. The van der Waals surface area contributed by atoms with Gasteiger partial charge in [-0.05, 0) is 17.5 Å². The summed E-state index contributed by atoms with van der Waals surface area (Å²) in [5.41, 5.74) is 1.88. The molecule has 1 nitrogen and oxygen atoms in total. The van der Waals surface area contributed by atoms with E-state index in [1.54, 1.807) is 0 Å². The summed E-state index contributed by atoms with van der Waals surface area (Å²) in [6, 6.07) is 0. The molecule has 0 atom stereocenters. The molecule has 12 heavy (non-hydrogen) atoms. The lowest BCUT2D eigenvalue weighted by molar-refractivity contribution is -0.112. The molecule has 0 aromatic rings. The number of rotatable bonds is 5. The lowest BCUT2D eigenvalue weighted by Gasteiger charge is -2.10. The van der Waals surface area contributed by atoms with Crippen molar-refractivity contribution in [1.29, 1.82) is 0 Å². The minimum absolute atomic E-state index is 0.711. The highest BCUT2D eigenvalue weighted by molar-refractivity contribution is 6.93. The van der Waals surface area contributed by atoms with E-state index in [9.17, 15) is 4.79 Å². The monoisotopic (exact) mass is 182 g/mol. The molecular weight excluding hydrogens is 164 g/mol. The normalized spacial score (nSPS) is 23.2. The third-order valence-electron chi connectivity index (χ3n) is 3.13. The zero-order chi connectivity index (χ0) is 8.55. The second-order valence-corrected chi connectivity index (χ2v) is 8.00. The molecule has 2 rings (SSSR count). The van der Waals surface area contributed by atoms with E-state index in [4.69, 9.17) is 0 Å². The Bertz CT molecular complexity index is 170. The van der Waals surface area contributed by atoms with Gasteiger partial charge in [-0.3, -0.25) is 0 Å². The largest absolute Gasteiger partial charge is 0.306 e. The zero-order valence-corrected chi connectivity index (χ0v) is 9.04. The highest BCUT2D eigenvalue weighted by Gasteiger charge is 2.46. The van der Waals surface area contributed by atoms with Crippen LogP contribution in [0.15, 0.2) is 0 Å². The molecule has 2 heteroatoms. The highest BCUT2D eigenvalue weighted by atomic mass is 28.3. The van der Waals surface area contributed by atoms with Crippen LogP contribution < -0.4 is 0 Å². The van der Waals surface area contributed by atoms with Gasteiger partial charge in [0.25, 0.3) is 0 Å². The van der Waals surface area contributed by atoms with Crippen LogP contribution in [-0.4, -0.2) is 14.2 Å². The Morgan fingerprint density at radius 3 is 2.08 bits per heavy atom. The number of carbonyl (C=O) groups is 1. The Kier molecular flexibility index (Phi) is 2.35. The van der Waals surface area contributed by atoms with E-state index in [-0.39, 0.29) is 0 Å². The van der Waals surface area contributed by atoms with Crippen molar-refractivity contribution in [3.63, 3.8) is 0 Å². The lowest BCUT2D eigenvalue weighted by Crippen LogP contribution is -2.26. The van der Waals surface area contributed by atoms with Gasteiger partial charge in [-0.25, -0.2) is 0 Å². The summed E-state index contributed by atoms with van der Waals surface area (Å²) in [5, 5.41) is 0.711. The quantitative estimate of drug-likeness (QED) is 0.597. The van der Waals surface area contributed by atoms with E-state index in [0.29, 0.717) is 5.41 Å². The SMILES string of the molecule is CCCC(=O)[SiH](C1CC1)C1CC1. The summed E-state index contributed by atoms with van der Waals surface area (Å²) in [5.74, 6) is 0. The van der Waals surface area contributed by atoms with Gasteiger partial charge < -0.3 is 4.79 Å². The summed E-state index contributed by atoms with van der Waals surface area (Å²) in [6.45, 7) is 2.13. The minimum atomic E-state index is -0.909. The Hall–Kier alpha value is -0.113. The predicted molar refractivity (Wildman–Crippen MR) is 53.0 cm³/mol. The molecule has 0 spiro atoms. The fourth-order valence-corrected chi connectivity index (χ4v) is 6.50. The van der Waals surface area contributed by atoms with Crippen LogP contribution in [0.4, 0.5) is 0 Å². The molecule has 0 heterocycles. The second kappa shape index (κ2) is 3.33. The van der Waals surface area contributed by atoms with Crippen LogP contribution >= 0.6 is 0 Å². The van der Waals surface area contributed by atoms with Gasteiger partial charge in [0, 0.05) is 6.42 Å². The summed E-state index contributed by atoms with van der Waals surface area (Å²) < 4.78 is 0. The Morgan fingerprint density at radius 2 is 1.75 bits per heavy atom. The van der Waals surface area contributed by atoms with Crippen LogP contribution in [0.2, 0.25) is 11.1 Å². The minimum Gasteiger partial charge on any atom is -0.306 e. The first kappa shape index (κ1) is 8.48. The Labute approximate surface area is 76.2 Å². The van der Waals surface area contributed by atoms with E-state index in [0.717, 1.165) is 23.9 Å².